The minimum atomic E-state index is -0.543. The van der Waals surface area contributed by atoms with Gasteiger partial charge in [0, 0.05) is 0 Å². The Morgan fingerprint density at radius 1 is 1.09 bits per heavy atom. The number of carbonyl (C=O) groups is 2. The summed E-state index contributed by atoms with van der Waals surface area (Å²) in [6.07, 6.45) is 0.612. The predicted molar refractivity (Wildman–Crippen MR) is 82.2 cm³/mol. The molecule has 22 heavy (non-hydrogen) atoms. The van der Waals surface area contributed by atoms with Gasteiger partial charge >= 0.3 is 5.97 Å². The zero-order valence-electron chi connectivity index (χ0n) is 12.5. The van der Waals surface area contributed by atoms with E-state index in [9.17, 15) is 9.59 Å². The van der Waals surface area contributed by atoms with E-state index in [-0.39, 0.29) is 18.0 Å². The van der Waals surface area contributed by atoms with Gasteiger partial charge in [0.15, 0.2) is 6.29 Å². The normalized spacial score (nSPS) is 10.1. The van der Waals surface area contributed by atoms with Crippen molar-refractivity contribution in [3.8, 4) is 16.9 Å². The van der Waals surface area contributed by atoms with Crippen LogP contribution in [-0.2, 0) is 4.74 Å². The van der Waals surface area contributed by atoms with Gasteiger partial charge in [-0.05, 0) is 49.2 Å². The first-order valence-electron chi connectivity index (χ1n) is 7.05. The summed E-state index contributed by atoms with van der Waals surface area (Å²) < 4.78 is 10.3. The number of nitrogens with zero attached hydrogens (tertiary/aromatic N) is 1. The van der Waals surface area contributed by atoms with Crippen molar-refractivity contribution in [2.75, 3.05) is 13.2 Å². The van der Waals surface area contributed by atoms with E-state index >= 15 is 0 Å². The molecule has 1 aromatic heterocycles. The standard InChI is InChI=1S/C17H17NO4/c1-3-21-15-7-5-12(6-8-15)13-9-14(11-19)18-16(10-13)17(20)22-4-2/h5-11H,3-4H2,1-2H3. The highest BCUT2D eigenvalue weighted by Gasteiger charge is 2.12. The van der Waals surface area contributed by atoms with Gasteiger partial charge in [0.05, 0.1) is 13.2 Å². The van der Waals surface area contributed by atoms with E-state index in [2.05, 4.69) is 4.98 Å². The minimum Gasteiger partial charge on any atom is -0.494 e. The zero-order chi connectivity index (χ0) is 15.9. The van der Waals surface area contributed by atoms with Crippen molar-refractivity contribution in [3.05, 3.63) is 47.8 Å². The Morgan fingerprint density at radius 3 is 2.41 bits per heavy atom. The van der Waals surface area contributed by atoms with E-state index in [1.165, 1.54) is 0 Å². The predicted octanol–water partition coefficient (Wildman–Crippen LogP) is 3.14. The Labute approximate surface area is 128 Å². The third-order valence-electron chi connectivity index (χ3n) is 2.95. The highest BCUT2D eigenvalue weighted by atomic mass is 16.5. The Kier molecular flexibility index (Phi) is 5.25. The Morgan fingerprint density at radius 2 is 1.82 bits per heavy atom. The molecule has 1 heterocycles. The first-order chi connectivity index (χ1) is 10.7. The van der Waals surface area contributed by atoms with Crippen molar-refractivity contribution in [2.45, 2.75) is 13.8 Å². The minimum absolute atomic E-state index is 0.121. The molecule has 0 fully saturated rings. The molecular formula is C17H17NO4. The molecule has 0 unspecified atom stereocenters. The largest absolute Gasteiger partial charge is 0.494 e. The lowest BCUT2D eigenvalue weighted by Crippen LogP contribution is -2.08. The SMILES string of the molecule is CCOC(=O)c1cc(-c2ccc(OCC)cc2)cc(C=O)n1. The fourth-order valence-corrected chi connectivity index (χ4v) is 2.00. The molecule has 1 aromatic carbocycles. The van der Waals surface area contributed by atoms with Crippen molar-refractivity contribution in [3.63, 3.8) is 0 Å². The van der Waals surface area contributed by atoms with Crippen LogP contribution < -0.4 is 4.74 Å². The fourth-order valence-electron chi connectivity index (χ4n) is 2.00. The van der Waals surface area contributed by atoms with Gasteiger partial charge in [-0.15, -0.1) is 0 Å². The summed E-state index contributed by atoms with van der Waals surface area (Å²) in [4.78, 5) is 26.8. The van der Waals surface area contributed by atoms with Gasteiger partial charge in [0.1, 0.15) is 17.1 Å². The number of hydrogen-bond acceptors (Lipinski definition) is 5. The molecule has 0 amide bonds. The van der Waals surface area contributed by atoms with Gasteiger partial charge in [-0.25, -0.2) is 9.78 Å². The molecule has 5 heteroatoms. The van der Waals surface area contributed by atoms with E-state index in [0.717, 1.165) is 16.9 Å². The summed E-state index contributed by atoms with van der Waals surface area (Å²) in [7, 11) is 0. The second kappa shape index (κ2) is 7.36. The van der Waals surface area contributed by atoms with E-state index in [4.69, 9.17) is 9.47 Å². The molecule has 0 radical (unpaired) electrons. The highest BCUT2D eigenvalue weighted by Crippen LogP contribution is 2.24. The molecule has 0 spiro atoms. The summed E-state index contributed by atoms with van der Waals surface area (Å²) in [5.74, 6) is 0.222. The molecule has 0 saturated carbocycles. The Bertz CT molecular complexity index is 665. The average molecular weight is 299 g/mol. The quantitative estimate of drug-likeness (QED) is 0.605. The summed E-state index contributed by atoms with van der Waals surface area (Å²) >= 11 is 0. The number of aromatic nitrogens is 1. The van der Waals surface area contributed by atoms with Crippen molar-refractivity contribution < 1.29 is 19.1 Å². The van der Waals surface area contributed by atoms with Gasteiger partial charge in [-0.2, -0.15) is 0 Å². The molecule has 0 aliphatic heterocycles. The first kappa shape index (κ1) is 15.7. The van der Waals surface area contributed by atoms with Crippen LogP contribution >= 0.6 is 0 Å². The van der Waals surface area contributed by atoms with E-state index < -0.39 is 5.97 Å². The van der Waals surface area contributed by atoms with Crippen LogP contribution in [0, 0.1) is 0 Å². The highest BCUT2D eigenvalue weighted by molar-refractivity contribution is 5.90. The Hall–Kier alpha value is -2.69. The summed E-state index contributed by atoms with van der Waals surface area (Å²) in [5, 5.41) is 0. The molecule has 0 bridgehead atoms. The maximum atomic E-state index is 11.8. The summed E-state index contributed by atoms with van der Waals surface area (Å²) in [6, 6.07) is 10.6. The lowest BCUT2D eigenvalue weighted by Gasteiger charge is -2.08. The van der Waals surface area contributed by atoms with Gasteiger partial charge in [0.2, 0.25) is 0 Å². The lowest BCUT2D eigenvalue weighted by atomic mass is 10.0. The Balaban J connectivity index is 2.38. The number of esters is 1. The van der Waals surface area contributed by atoms with E-state index in [1.807, 2.05) is 31.2 Å². The summed E-state index contributed by atoms with van der Waals surface area (Å²) in [6.45, 7) is 4.48. The zero-order valence-corrected chi connectivity index (χ0v) is 12.5. The molecule has 114 valence electrons. The van der Waals surface area contributed by atoms with Crippen molar-refractivity contribution in [1.82, 2.24) is 4.98 Å². The van der Waals surface area contributed by atoms with Crippen LogP contribution in [0.1, 0.15) is 34.8 Å². The van der Waals surface area contributed by atoms with Gasteiger partial charge in [0.25, 0.3) is 0 Å². The third-order valence-corrected chi connectivity index (χ3v) is 2.95. The maximum absolute atomic E-state index is 11.8. The van der Waals surface area contributed by atoms with Crippen LogP contribution in [0.5, 0.6) is 5.75 Å². The number of carbonyl (C=O) groups excluding carboxylic acids is 2. The monoisotopic (exact) mass is 299 g/mol. The molecule has 0 aliphatic rings. The average Bonchev–Trinajstić information content (AvgIpc) is 2.55. The van der Waals surface area contributed by atoms with Crippen LogP contribution in [0.15, 0.2) is 36.4 Å². The first-order valence-corrected chi connectivity index (χ1v) is 7.05. The third kappa shape index (κ3) is 3.69. The number of ether oxygens (including phenoxy) is 2. The molecular weight excluding hydrogens is 282 g/mol. The second-order valence-corrected chi connectivity index (χ2v) is 4.46. The van der Waals surface area contributed by atoms with Crippen molar-refractivity contribution in [2.24, 2.45) is 0 Å². The molecule has 0 saturated heterocycles. The van der Waals surface area contributed by atoms with Crippen LogP contribution in [0.25, 0.3) is 11.1 Å². The van der Waals surface area contributed by atoms with Gasteiger partial charge < -0.3 is 9.47 Å². The second-order valence-electron chi connectivity index (χ2n) is 4.46. The molecule has 0 aliphatic carbocycles. The van der Waals surface area contributed by atoms with Crippen LogP contribution in [0.2, 0.25) is 0 Å². The number of benzene rings is 1. The van der Waals surface area contributed by atoms with E-state index in [1.54, 1.807) is 19.1 Å². The number of pyridine rings is 1. The van der Waals surface area contributed by atoms with Crippen molar-refractivity contribution >= 4 is 12.3 Å². The lowest BCUT2D eigenvalue weighted by molar-refractivity contribution is 0.0519. The summed E-state index contributed by atoms with van der Waals surface area (Å²) in [5.41, 5.74) is 1.90. The molecule has 0 atom stereocenters. The molecule has 5 nitrogen and oxygen atoms in total. The maximum Gasteiger partial charge on any atom is 0.356 e. The van der Waals surface area contributed by atoms with Crippen molar-refractivity contribution in [1.29, 1.82) is 0 Å². The molecule has 2 rings (SSSR count). The number of hydrogen-bond donors (Lipinski definition) is 0. The van der Waals surface area contributed by atoms with Crippen LogP contribution in [0.3, 0.4) is 0 Å². The topological polar surface area (TPSA) is 65.5 Å². The number of rotatable bonds is 6. The number of aldehydes is 1. The van der Waals surface area contributed by atoms with Crippen LogP contribution in [-0.4, -0.2) is 30.5 Å². The van der Waals surface area contributed by atoms with Crippen LogP contribution in [0.4, 0.5) is 0 Å². The molecule has 2 aromatic rings. The van der Waals surface area contributed by atoms with E-state index in [0.29, 0.717) is 12.9 Å². The molecule has 0 N–H and O–H groups in total. The smallest absolute Gasteiger partial charge is 0.356 e. The fraction of sp³-hybridized carbons (Fsp3) is 0.235. The van der Waals surface area contributed by atoms with Gasteiger partial charge in [-0.1, -0.05) is 12.1 Å². The van der Waals surface area contributed by atoms with Gasteiger partial charge in [-0.3, -0.25) is 4.79 Å².